The van der Waals surface area contributed by atoms with Gasteiger partial charge in [-0.25, -0.2) is 13.1 Å². The Morgan fingerprint density at radius 2 is 1.95 bits per heavy atom. The van der Waals surface area contributed by atoms with Crippen LogP contribution in [0.3, 0.4) is 0 Å². The van der Waals surface area contributed by atoms with Crippen LogP contribution in [0.4, 0.5) is 0 Å². The number of benzene rings is 1. The molecule has 0 fully saturated rings. The van der Waals surface area contributed by atoms with Gasteiger partial charge < -0.3 is 5.11 Å². The molecule has 1 rings (SSSR count). The first-order chi connectivity index (χ1) is 9.77. The third-order valence-electron chi connectivity index (χ3n) is 3.45. The molecule has 0 aliphatic rings. The third kappa shape index (κ3) is 5.43. The Morgan fingerprint density at radius 3 is 2.43 bits per heavy atom. The fourth-order valence-corrected chi connectivity index (χ4v) is 3.59. The van der Waals surface area contributed by atoms with Crippen molar-refractivity contribution in [3.63, 3.8) is 0 Å². The number of rotatable bonds is 8. The first-order valence-corrected chi connectivity index (χ1v) is 8.72. The summed E-state index contributed by atoms with van der Waals surface area (Å²) in [6.45, 7) is 7.37. The van der Waals surface area contributed by atoms with Gasteiger partial charge in [-0.15, -0.1) is 0 Å². The van der Waals surface area contributed by atoms with E-state index in [9.17, 15) is 13.5 Å². The molecule has 0 saturated carbocycles. The number of halogens is 1. The molecule has 118 valence electrons. The van der Waals surface area contributed by atoms with Crippen LogP contribution >= 0.6 is 11.6 Å². The quantitative estimate of drug-likeness (QED) is 0.769. The van der Waals surface area contributed by atoms with Gasteiger partial charge in [0.15, 0.2) is 0 Å². The highest BCUT2D eigenvalue weighted by Crippen LogP contribution is 2.20. The molecule has 0 radical (unpaired) electrons. The number of hydrogen-bond donors (Lipinski definition) is 2. The van der Waals surface area contributed by atoms with E-state index in [0.717, 1.165) is 6.42 Å². The summed E-state index contributed by atoms with van der Waals surface area (Å²) in [4.78, 5) is 0.176. The number of sulfonamides is 1. The summed E-state index contributed by atoms with van der Waals surface area (Å²) in [5.74, 6) is -0.0329. The Morgan fingerprint density at radius 1 is 1.38 bits per heavy atom. The van der Waals surface area contributed by atoms with Crippen molar-refractivity contribution < 1.29 is 13.5 Å². The minimum atomic E-state index is -3.68. The van der Waals surface area contributed by atoms with Crippen molar-refractivity contribution in [2.45, 2.75) is 43.7 Å². The monoisotopic (exact) mass is 331 g/mol. The average molecular weight is 332 g/mol. The Balaban J connectivity index is 2.98. The zero-order valence-electron chi connectivity index (χ0n) is 12.3. The second-order valence-electron chi connectivity index (χ2n) is 5.13. The zero-order valence-corrected chi connectivity index (χ0v) is 13.9. The van der Waals surface area contributed by atoms with Crippen LogP contribution in [0.15, 0.2) is 46.8 Å². The van der Waals surface area contributed by atoms with E-state index < -0.39 is 22.2 Å². The molecule has 3 atom stereocenters. The van der Waals surface area contributed by atoms with E-state index in [1.807, 2.05) is 13.8 Å². The van der Waals surface area contributed by atoms with Gasteiger partial charge in [0, 0.05) is 11.5 Å². The SMILES string of the molecule is C=C(Cl)C[C@H](O)[C@@H](NS(=O)(=O)c1ccccc1)[C@@H](C)CC. The van der Waals surface area contributed by atoms with Crippen LogP contribution in [-0.4, -0.2) is 25.7 Å². The van der Waals surface area contributed by atoms with E-state index in [1.54, 1.807) is 18.2 Å². The molecule has 4 nitrogen and oxygen atoms in total. The first-order valence-electron chi connectivity index (χ1n) is 6.86. The first kappa shape index (κ1) is 18.2. The summed E-state index contributed by atoms with van der Waals surface area (Å²) < 4.78 is 27.3. The molecule has 0 spiro atoms. The molecule has 6 heteroatoms. The van der Waals surface area contributed by atoms with E-state index in [4.69, 9.17) is 11.6 Å². The van der Waals surface area contributed by atoms with Crippen molar-refractivity contribution in [3.05, 3.63) is 41.9 Å². The molecule has 0 aromatic heterocycles. The molecule has 1 aromatic rings. The third-order valence-corrected chi connectivity index (χ3v) is 5.08. The lowest BCUT2D eigenvalue weighted by atomic mass is 9.93. The highest BCUT2D eigenvalue weighted by atomic mass is 35.5. The Hall–Kier alpha value is -0.880. The summed E-state index contributed by atoms with van der Waals surface area (Å²) in [6.07, 6.45) is -0.0368. The van der Waals surface area contributed by atoms with Gasteiger partial charge in [-0.05, 0) is 18.1 Å². The van der Waals surface area contributed by atoms with Gasteiger partial charge in [0.25, 0.3) is 0 Å². The van der Waals surface area contributed by atoms with Crippen LogP contribution in [0, 0.1) is 5.92 Å². The zero-order chi connectivity index (χ0) is 16.0. The van der Waals surface area contributed by atoms with E-state index in [-0.39, 0.29) is 17.2 Å². The van der Waals surface area contributed by atoms with Crippen molar-refractivity contribution in [1.29, 1.82) is 0 Å². The molecule has 0 bridgehead atoms. The van der Waals surface area contributed by atoms with Crippen molar-refractivity contribution in [1.82, 2.24) is 4.72 Å². The minimum absolute atomic E-state index is 0.0329. The van der Waals surface area contributed by atoms with Gasteiger partial charge in [-0.1, -0.05) is 56.6 Å². The Kier molecular flexibility index (Phi) is 6.87. The van der Waals surface area contributed by atoms with Gasteiger partial charge in [0.2, 0.25) is 10.0 Å². The lowest BCUT2D eigenvalue weighted by Crippen LogP contribution is -2.47. The highest BCUT2D eigenvalue weighted by molar-refractivity contribution is 7.89. The van der Waals surface area contributed by atoms with E-state index >= 15 is 0 Å². The molecular formula is C15H22ClNO3S. The van der Waals surface area contributed by atoms with Crippen LogP contribution in [0.5, 0.6) is 0 Å². The summed E-state index contributed by atoms with van der Waals surface area (Å²) in [7, 11) is -3.68. The van der Waals surface area contributed by atoms with E-state index in [2.05, 4.69) is 11.3 Å². The lowest BCUT2D eigenvalue weighted by molar-refractivity contribution is 0.113. The minimum Gasteiger partial charge on any atom is -0.391 e. The molecule has 0 unspecified atom stereocenters. The molecule has 21 heavy (non-hydrogen) atoms. The lowest BCUT2D eigenvalue weighted by Gasteiger charge is -2.28. The molecule has 1 aromatic carbocycles. The summed E-state index contributed by atoms with van der Waals surface area (Å²) in [5.41, 5.74) is 0. The summed E-state index contributed by atoms with van der Waals surface area (Å²) >= 11 is 5.72. The predicted octanol–water partition coefficient (Wildman–Crippen LogP) is 2.88. The maximum atomic E-state index is 12.4. The predicted molar refractivity (Wildman–Crippen MR) is 85.6 cm³/mol. The molecule has 0 aliphatic carbocycles. The second-order valence-corrected chi connectivity index (χ2v) is 7.38. The van der Waals surface area contributed by atoms with Crippen molar-refractivity contribution >= 4 is 21.6 Å². The number of aliphatic hydroxyl groups excluding tert-OH is 1. The highest BCUT2D eigenvalue weighted by Gasteiger charge is 2.29. The standard InChI is InChI=1S/C15H22ClNO3S/c1-4-11(2)15(14(18)10-12(3)16)17-21(19,20)13-8-6-5-7-9-13/h5-9,11,14-15,17-18H,3-4,10H2,1-2H3/t11-,14-,15-/m0/s1. The number of nitrogens with one attached hydrogen (secondary N) is 1. The molecule has 0 heterocycles. The smallest absolute Gasteiger partial charge is 0.240 e. The Bertz CT molecular complexity index is 560. The maximum Gasteiger partial charge on any atom is 0.240 e. The average Bonchev–Trinajstić information content (AvgIpc) is 2.44. The molecule has 0 saturated heterocycles. The Labute approximate surface area is 131 Å². The van der Waals surface area contributed by atoms with Crippen LogP contribution in [0.1, 0.15) is 26.7 Å². The molecular weight excluding hydrogens is 310 g/mol. The topological polar surface area (TPSA) is 66.4 Å². The number of aliphatic hydroxyl groups is 1. The van der Waals surface area contributed by atoms with Gasteiger partial charge in [-0.2, -0.15) is 0 Å². The van der Waals surface area contributed by atoms with Crippen molar-refractivity contribution in [2.75, 3.05) is 0 Å². The van der Waals surface area contributed by atoms with Gasteiger partial charge in [0.05, 0.1) is 17.0 Å². The molecule has 0 aliphatic heterocycles. The van der Waals surface area contributed by atoms with Crippen molar-refractivity contribution in [2.24, 2.45) is 5.92 Å². The summed E-state index contributed by atoms with van der Waals surface area (Å²) in [5, 5.41) is 10.5. The number of hydrogen-bond acceptors (Lipinski definition) is 3. The van der Waals surface area contributed by atoms with Gasteiger partial charge >= 0.3 is 0 Å². The van der Waals surface area contributed by atoms with Crippen LogP contribution in [-0.2, 0) is 10.0 Å². The van der Waals surface area contributed by atoms with Crippen LogP contribution in [0.2, 0.25) is 0 Å². The van der Waals surface area contributed by atoms with E-state index in [1.165, 1.54) is 12.1 Å². The van der Waals surface area contributed by atoms with E-state index in [0.29, 0.717) is 5.03 Å². The van der Waals surface area contributed by atoms with Gasteiger partial charge in [0.1, 0.15) is 0 Å². The fraction of sp³-hybridized carbons (Fsp3) is 0.467. The van der Waals surface area contributed by atoms with Crippen molar-refractivity contribution in [3.8, 4) is 0 Å². The maximum absolute atomic E-state index is 12.4. The van der Waals surface area contributed by atoms with Crippen LogP contribution < -0.4 is 4.72 Å². The van der Waals surface area contributed by atoms with Gasteiger partial charge in [-0.3, -0.25) is 0 Å². The summed E-state index contributed by atoms with van der Waals surface area (Å²) in [6, 6.07) is 7.48. The fourth-order valence-electron chi connectivity index (χ4n) is 2.03. The second kappa shape index (κ2) is 7.94. The normalized spacial score (nSPS) is 16.2. The molecule has 2 N–H and O–H groups in total. The van der Waals surface area contributed by atoms with Crippen LogP contribution in [0.25, 0.3) is 0 Å². The molecule has 0 amide bonds. The largest absolute Gasteiger partial charge is 0.391 e.